The number of anilines is 2. The van der Waals surface area contributed by atoms with E-state index in [2.05, 4.69) is 25.2 Å². The Morgan fingerprint density at radius 1 is 1.03 bits per heavy atom. The van der Waals surface area contributed by atoms with E-state index in [9.17, 15) is 0 Å². The number of pyridine rings is 2. The molecule has 0 atom stereocenters. The predicted molar refractivity (Wildman–Crippen MR) is 120 cm³/mol. The largest absolute Gasteiger partial charge is 0.474 e. The van der Waals surface area contributed by atoms with Gasteiger partial charge in [0, 0.05) is 37.6 Å². The molecule has 162 valence electrons. The fraction of sp³-hybridized carbons (Fsp3) is 0.455. The molecule has 3 aromatic rings. The molecule has 1 saturated heterocycles. The summed E-state index contributed by atoms with van der Waals surface area (Å²) in [5.74, 6) is 2.15. The Bertz CT molecular complexity index is 1040. The number of ether oxygens (including phenoxy) is 2. The molecule has 4 heterocycles. The Labute approximate surface area is 186 Å². The molecule has 9 heteroatoms. The minimum atomic E-state index is 0.120. The lowest BCUT2D eigenvalue weighted by Gasteiger charge is -2.31. The molecule has 31 heavy (non-hydrogen) atoms. The molecule has 2 aliphatic rings. The van der Waals surface area contributed by atoms with Gasteiger partial charge in [0.1, 0.15) is 17.1 Å². The standard InChI is InChI=1S/C22H25ClN6O2/c23-19-7-9-25-22(27-19)26-15-3-5-16(6-4-15)31-21-17-2-1-8-24-18(17)14-20(28-21)29-10-12-30-13-11-29/h1-2,7-9,14-16H,3-6,10-13H2,(H,25,26,27). The van der Waals surface area contributed by atoms with E-state index in [-0.39, 0.29) is 6.10 Å². The maximum atomic E-state index is 6.43. The first-order valence-electron chi connectivity index (χ1n) is 10.7. The van der Waals surface area contributed by atoms with Crippen LogP contribution in [0.15, 0.2) is 36.7 Å². The van der Waals surface area contributed by atoms with Crippen molar-refractivity contribution in [2.45, 2.75) is 37.8 Å². The molecular weight excluding hydrogens is 416 g/mol. The Morgan fingerprint density at radius 3 is 2.68 bits per heavy atom. The van der Waals surface area contributed by atoms with Gasteiger partial charge in [0.05, 0.1) is 24.1 Å². The molecular formula is C22H25ClN6O2. The highest BCUT2D eigenvalue weighted by atomic mass is 35.5. The Kier molecular flexibility index (Phi) is 5.99. The van der Waals surface area contributed by atoms with Crippen molar-refractivity contribution in [1.29, 1.82) is 0 Å². The minimum absolute atomic E-state index is 0.120. The van der Waals surface area contributed by atoms with Crippen LogP contribution >= 0.6 is 11.6 Å². The van der Waals surface area contributed by atoms with Crippen molar-refractivity contribution in [3.63, 3.8) is 0 Å². The van der Waals surface area contributed by atoms with Gasteiger partial charge in [0.15, 0.2) is 0 Å². The number of morpholine rings is 1. The van der Waals surface area contributed by atoms with E-state index in [1.165, 1.54) is 0 Å². The lowest BCUT2D eigenvalue weighted by atomic mass is 9.93. The number of fused-ring (bicyclic) bond motifs is 1. The monoisotopic (exact) mass is 440 g/mol. The average Bonchev–Trinajstić information content (AvgIpc) is 2.81. The van der Waals surface area contributed by atoms with Crippen molar-refractivity contribution in [2.75, 3.05) is 36.5 Å². The molecule has 0 spiro atoms. The van der Waals surface area contributed by atoms with Crippen LogP contribution in [0.2, 0.25) is 5.15 Å². The molecule has 1 saturated carbocycles. The lowest BCUT2D eigenvalue weighted by Crippen LogP contribution is -2.37. The van der Waals surface area contributed by atoms with Gasteiger partial charge in [-0.3, -0.25) is 4.98 Å². The molecule has 3 aromatic heterocycles. The first-order valence-corrected chi connectivity index (χ1v) is 11.1. The zero-order valence-electron chi connectivity index (χ0n) is 17.2. The minimum Gasteiger partial charge on any atom is -0.474 e. The Balaban J connectivity index is 1.28. The molecule has 0 unspecified atom stereocenters. The van der Waals surface area contributed by atoms with Crippen molar-refractivity contribution in [3.05, 3.63) is 41.8 Å². The third-order valence-corrected chi connectivity index (χ3v) is 6.00. The number of nitrogens with one attached hydrogen (secondary N) is 1. The molecule has 0 amide bonds. The van der Waals surface area contributed by atoms with Gasteiger partial charge < -0.3 is 19.7 Å². The number of halogens is 1. The second-order valence-corrected chi connectivity index (χ2v) is 8.28. The lowest BCUT2D eigenvalue weighted by molar-refractivity contribution is 0.122. The smallest absolute Gasteiger partial charge is 0.225 e. The van der Waals surface area contributed by atoms with Crippen LogP contribution in [0.3, 0.4) is 0 Å². The first kappa shape index (κ1) is 20.2. The highest BCUT2D eigenvalue weighted by Crippen LogP contribution is 2.31. The Hall–Kier alpha value is -2.71. The van der Waals surface area contributed by atoms with E-state index < -0.39 is 0 Å². The number of hydrogen-bond donors (Lipinski definition) is 1. The topological polar surface area (TPSA) is 85.3 Å². The summed E-state index contributed by atoms with van der Waals surface area (Å²) in [6, 6.07) is 7.98. The van der Waals surface area contributed by atoms with Crippen LogP contribution in [0, 0.1) is 0 Å². The van der Waals surface area contributed by atoms with Gasteiger partial charge in [0.25, 0.3) is 0 Å². The van der Waals surface area contributed by atoms with Gasteiger partial charge in [-0.05, 0) is 43.9 Å². The van der Waals surface area contributed by atoms with Crippen LogP contribution in [-0.2, 0) is 4.74 Å². The fourth-order valence-corrected chi connectivity index (χ4v) is 4.28. The maximum absolute atomic E-state index is 6.43. The van der Waals surface area contributed by atoms with E-state index in [1.54, 1.807) is 12.3 Å². The molecule has 1 N–H and O–H groups in total. The normalized spacial score (nSPS) is 21.8. The third kappa shape index (κ3) is 4.80. The summed E-state index contributed by atoms with van der Waals surface area (Å²) < 4.78 is 11.9. The maximum Gasteiger partial charge on any atom is 0.225 e. The van der Waals surface area contributed by atoms with Crippen LogP contribution in [0.25, 0.3) is 10.9 Å². The van der Waals surface area contributed by atoms with E-state index in [0.29, 0.717) is 36.2 Å². The van der Waals surface area contributed by atoms with Crippen molar-refractivity contribution in [2.24, 2.45) is 0 Å². The summed E-state index contributed by atoms with van der Waals surface area (Å²) in [6.07, 6.45) is 7.41. The average molecular weight is 441 g/mol. The molecule has 0 aromatic carbocycles. The molecule has 5 rings (SSSR count). The number of rotatable bonds is 5. The number of aromatic nitrogens is 4. The van der Waals surface area contributed by atoms with E-state index in [1.807, 2.05) is 24.4 Å². The van der Waals surface area contributed by atoms with Gasteiger partial charge in [-0.15, -0.1) is 0 Å². The van der Waals surface area contributed by atoms with Crippen molar-refractivity contribution >= 4 is 34.3 Å². The van der Waals surface area contributed by atoms with Crippen molar-refractivity contribution in [3.8, 4) is 5.88 Å². The van der Waals surface area contributed by atoms with Gasteiger partial charge in [-0.25, -0.2) is 9.97 Å². The van der Waals surface area contributed by atoms with Crippen LogP contribution in [-0.4, -0.2) is 58.4 Å². The second-order valence-electron chi connectivity index (χ2n) is 7.89. The van der Waals surface area contributed by atoms with Crippen LogP contribution in [0.5, 0.6) is 5.88 Å². The van der Waals surface area contributed by atoms with E-state index in [0.717, 1.165) is 55.5 Å². The molecule has 1 aliphatic heterocycles. The highest BCUT2D eigenvalue weighted by molar-refractivity contribution is 6.29. The van der Waals surface area contributed by atoms with Crippen molar-refractivity contribution < 1.29 is 9.47 Å². The molecule has 1 aliphatic carbocycles. The van der Waals surface area contributed by atoms with Crippen LogP contribution < -0.4 is 15.0 Å². The summed E-state index contributed by atoms with van der Waals surface area (Å²) in [5, 5.41) is 4.78. The second kappa shape index (κ2) is 9.20. The van der Waals surface area contributed by atoms with Gasteiger partial charge in [-0.1, -0.05) is 11.6 Å². The summed E-state index contributed by atoms with van der Waals surface area (Å²) in [5.41, 5.74) is 0.905. The third-order valence-electron chi connectivity index (χ3n) is 5.79. The summed E-state index contributed by atoms with van der Waals surface area (Å²) in [7, 11) is 0. The number of hydrogen-bond acceptors (Lipinski definition) is 8. The van der Waals surface area contributed by atoms with E-state index in [4.69, 9.17) is 26.1 Å². The molecule has 0 radical (unpaired) electrons. The van der Waals surface area contributed by atoms with Crippen LogP contribution in [0.4, 0.5) is 11.8 Å². The Morgan fingerprint density at radius 2 is 1.87 bits per heavy atom. The van der Waals surface area contributed by atoms with Crippen LogP contribution in [0.1, 0.15) is 25.7 Å². The molecule has 2 fully saturated rings. The highest BCUT2D eigenvalue weighted by Gasteiger charge is 2.25. The van der Waals surface area contributed by atoms with E-state index >= 15 is 0 Å². The number of nitrogens with zero attached hydrogens (tertiary/aromatic N) is 5. The summed E-state index contributed by atoms with van der Waals surface area (Å²) in [4.78, 5) is 20.1. The summed E-state index contributed by atoms with van der Waals surface area (Å²) >= 11 is 5.96. The fourth-order valence-electron chi connectivity index (χ4n) is 4.15. The zero-order chi connectivity index (χ0) is 21.0. The van der Waals surface area contributed by atoms with Gasteiger partial charge in [0.2, 0.25) is 11.8 Å². The quantitative estimate of drug-likeness (QED) is 0.601. The predicted octanol–water partition coefficient (Wildman–Crippen LogP) is 3.71. The van der Waals surface area contributed by atoms with Gasteiger partial charge in [-0.2, -0.15) is 4.98 Å². The SMILES string of the molecule is Clc1ccnc(NC2CCC(Oc3nc(N4CCOCC4)cc4ncccc34)CC2)n1. The molecule has 0 bridgehead atoms. The van der Waals surface area contributed by atoms with Crippen molar-refractivity contribution in [1.82, 2.24) is 19.9 Å². The first-order chi connectivity index (χ1) is 15.2. The van der Waals surface area contributed by atoms with Gasteiger partial charge >= 0.3 is 0 Å². The zero-order valence-corrected chi connectivity index (χ0v) is 18.0. The molecule has 8 nitrogen and oxygen atoms in total. The summed E-state index contributed by atoms with van der Waals surface area (Å²) in [6.45, 7) is 3.08.